The van der Waals surface area contributed by atoms with Gasteiger partial charge in [-0.05, 0) is 31.0 Å². The number of aromatic amines is 1. The maximum Gasteiger partial charge on any atom is 0.268 e. The highest BCUT2D eigenvalue weighted by molar-refractivity contribution is 5.97. The first-order valence-electron chi connectivity index (χ1n) is 12.0. The zero-order chi connectivity index (χ0) is 28.2. The Balaban J connectivity index is 2.10. The van der Waals surface area contributed by atoms with Crippen LogP contribution in [0.3, 0.4) is 0 Å². The van der Waals surface area contributed by atoms with Crippen molar-refractivity contribution in [1.29, 1.82) is 0 Å². The molecule has 2 rings (SSSR count). The van der Waals surface area contributed by atoms with E-state index < -0.39 is 66.4 Å². The van der Waals surface area contributed by atoms with Gasteiger partial charge in [0.25, 0.3) is 5.91 Å². The van der Waals surface area contributed by atoms with E-state index in [0.29, 0.717) is 5.56 Å². The molecule has 0 saturated heterocycles. The maximum absolute atomic E-state index is 13.0. The Morgan fingerprint density at radius 2 is 1.58 bits per heavy atom. The Kier molecular flexibility index (Phi) is 11.4. The molecule has 0 bridgehead atoms. The number of primary amides is 1. The highest BCUT2D eigenvalue weighted by Crippen LogP contribution is 2.17. The minimum absolute atomic E-state index is 0.217. The molecule has 0 unspecified atom stereocenters. The minimum atomic E-state index is -1.39. The van der Waals surface area contributed by atoms with Gasteiger partial charge in [0, 0.05) is 6.20 Å². The first-order chi connectivity index (χ1) is 18.1. The van der Waals surface area contributed by atoms with Crippen molar-refractivity contribution in [2.24, 2.45) is 5.73 Å². The van der Waals surface area contributed by atoms with Crippen LogP contribution in [0.1, 0.15) is 48.8 Å². The van der Waals surface area contributed by atoms with Crippen LogP contribution < -0.4 is 27.0 Å². The summed E-state index contributed by atoms with van der Waals surface area (Å²) in [6.45, 7) is 2.22. The fourth-order valence-electron chi connectivity index (χ4n) is 3.58. The van der Waals surface area contributed by atoms with E-state index in [1.165, 1.54) is 13.0 Å². The number of aliphatic hydroxyl groups excluding tert-OH is 2. The summed E-state index contributed by atoms with van der Waals surface area (Å²) < 4.78 is 0. The van der Waals surface area contributed by atoms with Crippen molar-refractivity contribution in [3.05, 3.63) is 59.9 Å². The van der Waals surface area contributed by atoms with E-state index in [4.69, 9.17) is 5.73 Å². The van der Waals surface area contributed by atoms with Crippen molar-refractivity contribution < 1.29 is 34.2 Å². The van der Waals surface area contributed by atoms with Crippen molar-refractivity contribution in [2.75, 3.05) is 6.61 Å². The number of hydrogen-bond donors (Lipinski definition) is 8. The third-order valence-electron chi connectivity index (χ3n) is 5.70. The maximum atomic E-state index is 13.0. The van der Waals surface area contributed by atoms with Gasteiger partial charge >= 0.3 is 0 Å². The van der Waals surface area contributed by atoms with Crippen LogP contribution >= 0.6 is 0 Å². The molecule has 1 heterocycles. The molecule has 0 saturated carbocycles. The number of nitrogens with two attached hydrogens (primary N) is 1. The number of aliphatic hydroxyl groups is 2. The number of H-pyrrole nitrogens is 1. The van der Waals surface area contributed by atoms with E-state index >= 15 is 0 Å². The highest BCUT2D eigenvalue weighted by Gasteiger charge is 2.29. The van der Waals surface area contributed by atoms with Crippen LogP contribution in [0.4, 0.5) is 0 Å². The standard InChI is InChI=1S/C25H34N6O7/c1-3-16(28-24(37)17-10-7-11-27-17)23(36)30-19(13-32)25(38)29-18(15-8-5-4-6-9-15)12-20(34)31-21(14(2)33)22(26)35/h4-11,14,16,18-19,21,27,32-33H,3,12-13H2,1-2H3,(H2,26,35)(H,28,37)(H,29,38)(H,30,36)(H,31,34)/t14-,16-,18-,19-,21-/m0/s1. The summed E-state index contributed by atoms with van der Waals surface area (Å²) in [6.07, 6.45) is 0.209. The number of rotatable bonds is 14. The summed E-state index contributed by atoms with van der Waals surface area (Å²) in [7, 11) is 0. The Hall–Kier alpha value is -4.23. The number of benzene rings is 1. The van der Waals surface area contributed by atoms with E-state index in [1.54, 1.807) is 49.5 Å². The monoisotopic (exact) mass is 530 g/mol. The number of amides is 5. The van der Waals surface area contributed by atoms with Gasteiger partial charge in [-0.25, -0.2) is 0 Å². The summed E-state index contributed by atoms with van der Waals surface area (Å²) in [5.74, 6) is -3.58. The first kappa shape index (κ1) is 30.0. The van der Waals surface area contributed by atoms with E-state index in [2.05, 4.69) is 26.3 Å². The van der Waals surface area contributed by atoms with Gasteiger partial charge in [-0.1, -0.05) is 37.3 Å². The fourth-order valence-corrected chi connectivity index (χ4v) is 3.58. The van der Waals surface area contributed by atoms with Gasteiger partial charge < -0.3 is 42.2 Å². The topological polar surface area (TPSA) is 216 Å². The average Bonchev–Trinajstić information content (AvgIpc) is 3.43. The Morgan fingerprint density at radius 1 is 0.921 bits per heavy atom. The third-order valence-corrected chi connectivity index (χ3v) is 5.70. The second-order valence-corrected chi connectivity index (χ2v) is 8.63. The summed E-state index contributed by atoms with van der Waals surface area (Å²) >= 11 is 0. The number of carbonyl (C=O) groups is 5. The summed E-state index contributed by atoms with van der Waals surface area (Å²) in [6, 6.07) is 7.01. The molecule has 1 aromatic heterocycles. The molecule has 38 heavy (non-hydrogen) atoms. The van der Waals surface area contributed by atoms with Gasteiger partial charge in [0.05, 0.1) is 25.2 Å². The third kappa shape index (κ3) is 8.71. The van der Waals surface area contributed by atoms with Crippen LogP contribution in [0, 0.1) is 0 Å². The van der Waals surface area contributed by atoms with E-state index in [-0.39, 0.29) is 18.5 Å². The largest absolute Gasteiger partial charge is 0.394 e. The molecule has 5 atom stereocenters. The molecule has 13 nitrogen and oxygen atoms in total. The van der Waals surface area contributed by atoms with E-state index in [9.17, 15) is 34.2 Å². The molecular formula is C25H34N6O7. The predicted molar refractivity (Wildman–Crippen MR) is 136 cm³/mol. The lowest BCUT2D eigenvalue weighted by Crippen LogP contribution is -2.55. The van der Waals surface area contributed by atoms with Crippen LogP contribution in [0.15, 0.2) is 48.7 Å². The predicted octanol–water partition coefficient (Wildman–Crippen LogP) is -1.40. The lowest BCUT2D eigenvalue weighted by Gasteiger charge is -2.25. The van der Waals surface area contributed by atoms with Crippen molar-refractivity contribution >= 4 is 29.5 Å². The van der Waals surface area contributed by atoms with Crippen LogP contribution in [0.25, 0.3) is 0 Å². The zero-order valence-corrected chi connectivity index (χ0v) is 21.1. The Labute approximate surface area is 219 Å². The van der Waals surface area contributed by atoms with Gasteiger partial charge in [0.15, 0.2) is 0 Å². The van der Waals surface area contributed by atoms with Crippen LogP contribution in [-0.4, -0.2) is 75.6 Å². The molecule has 2 aromatic rings. The smallest absolute Gasteiger partial charge is 0.268 e. The fraction of sp³-hybridized carbons (Fsp3) is 0.400. The van der Waals surface area contributed by atoms with Crippen molar-refractivity contribution in [3.8, 4) is 0 Å². The number of aromatic nitrogens is 1. The van der Waals surface area contributed by atoms with Crippen LogP contribution in [0.5, 0.6) is 0 Å². The van der Waals surface area contributed by atoms with Crippen molar-refractivity contribution in [1.82, 2.24) is 26.3 Å². The summed E-state index contributed by atoms with van der Waals surface area (Å²) in [5.41, 5.74) is 6.02. The van der Waals surface area contributed by atoms with Crippen LogP contribution in [-0.2, 0) is 19.2 Å². The molecular weight excluding hydrogens is 496 g/mol. The van der Waals surface area contributed by atoms with Crippen molar-refractivity contribution in [3.63, 3.8) is 0 Å². The molecule has 0 spiro atoms. The van der Waals surface area contributed by atoms with Gasteiger partial charge in [-0.3, -0.25) is 24.0 Å². The lowest BCUT2D eigenvalue weighted by atomic mass is 10.0. The van der Waals surface area contributed by atoms with Gasteiger partial charge in [0.2, 0.25) is 23.6 Å². The number of carbonyl (C=O) groups excluding carboxylic acids is 5. The number of nitrogens with one attached hydrogen (secondary N) is 5. The second-order valence-electron chi connectivity index (χ2n) is 8.63. The molecule has 206 valence electrons. The van der Waals surface area contributed by atoms with Gasteiger partial charge in [0.1, 0.15) is 23.8 Å². The quantitative estimate of drug-likeness (QED) is 0.146. The lowest BCUT2D eigenvalue weighted by molar-refractivity contribution is -0.132. The highest BCUT2D eigenvalue weighted by atomic mass is 16.3. The first-order valence-corrected chi connectivity index (χ1v) is 12.0. The molecule has 13 heteroatoms. The molecule has 9 N–H and O–H groups in total. The minimum Gasteiger partial charge on any atom is -0.394 e. The number of hydrogen-bond acceptors (Lipinski definition) is 7. The zero-order valence-electron chi connectivity index (χ0n) is 21.1. The SMILES string of the molecule is CC[C@H](NC(=O)c1ccc[nH]1)C(=O)N[C@@H](CO)C(=O)N[C@@H](CC(=O)N[C@H](C(N)=O)[C@H](C)O)c1ccccc1. The molecule has 0 radical (unpaired) electrons. The van der Waals surface area contributed by atoms with Gasteiger partial charge in [-0.15, -0.1) is 0 Å². The molecule has 1 aromatic carbocycles. The van der Waals surface area contributed by atoms with E-state index in [1.807, 2.05) is 0 Å². The van der Waals surface area contributed by atoms with Crippen LogP contribution in [0.2, 0.25) is 0 Å². The van der Waals surface area contributed by atoms with Crippen molar-refractivity contribution in [2.45, 2.75) is 57.0 Å². The molecule has 0 fully saturated rings. The Bertz CT molecular complexity index is 1090. The summed E-state index contributed by atoms with van der Waals surface area (Å²) in [4.78, 5) is 65.0. The van der Waals surface area contributed by atoms with Gasteiger partial charge in [-0.2, -0.15) is 0 Å². The molecule has 5 amide bonds. The second kappa shape index (κ2) is 14.5. The Morgan fingerprint density at radius 3 is 2.11 bits per heavy atom. The van der Waals surface area contributed by atoms with E-state index in [0.717, 1.165) is 0 Å². The normalized spacial score (nSPS) is 14.7. The molecule has 0 aliphatic rings. The molecule has 0 aliphatic carbocycles. The summed E-state index contributed by atoms with van der Waals surface area (Å²) in [5, 5.41) is 29.5. The average molecular weight is 531 g/mol. The molecule has 0 aliphatic heterocycles.